The highest BCUT2D eigenvalue weighted by molar-refractivity contribution is 9.11. The lowest BCUT2D eigenvalue weighted by molar-refractivity contribution is -0.917. The van der Waals surface area contributed by atoms with Gasteiger partial charge >= 0.3 is 0 Å². The number of thiophene rings is 1. The average Bonchev–Trinajstić information content (AvgIpc) is 3.08. The molecular formula is C14H18BrN4OS+. The average molecular weight is 370 g/mol. The summed E-state index contributed by atoms with van der Waals surface area (Å²) in [5.41, 5.74) is 0.683. The number of quaternary nitrogens is 1. The van der Waals surface area contributed by atoms with Crippen molar-refractivity contribution in [1.82, 2.24) is 14.7 Å². The molecule has 0 aromatic carbocycles. The smallest absolute Gasteiger partial charge is 0.257 e. The fourth-order valence-corrected chi connectivity index (χ4v) is 4.17. The normalized spacial score (nSPS) is 16.4. The van der Waals surface area contributed by atoms with Crippen LogP contribution in [-0.4, -0.2) is 46.8 Å². The molecule has 1 fully saturated rings. The Hall–Kier alpha value is -1.18. The van der Waals surface area contributed by atoms with E-state index in [4.69, 9.17) is 0 Å². The number of nitrogens with zero attached hydrogens (tertiary/aromatic N) is 3. The number of carbonyl (C=O) groups excluding carboxylic acids is 1. The molecule has 1 saturated heterocycles. The van der Waals surface area contributed by atoms with Crippen molar-refractivity contribution < 1.29 is 9.69 Å². The Morgan fingerprint density at radius 3 is 2.76 bits per heavy atom. The van der Waals surface area contributed by atoms with Gasteiger partial charge in [-0.05, 0) is 28.1 Å². The Balaban J connectivity index is 1.54. The van der Waals surface area contributed by atoms with Gasteiger partial charge in [-0.1, -0.05) is 0 Å². The number of halogens is 1. The highest BCUT2D eigenvalue weighted by Crippen LogP contribution is 2.21. The Kier molecular flexibility index (Phi) is 4.42. The molecule has 0 bridgehead atoms. The van der Waals surface area contributed by atoms with E-state index in [-0.39, 0.29) is 5.91 Å². The van der Waals surface area contributed by atoms with Crippen molar-refractivity contribution in [2.75, 3.05) is 26.2 Å². The Morgan fingerprint density at radius 1 is 1.43 bits per heavy atom. The van der Waals surface area contributed by atoms with Gasteiger partial charge in [0.05, 0.1) is 46.6 Å². The second-order valence-corrected chi connectivity index (χ2v) is 7.88. The van der Waals surface area contributed by atoms with Gasteiger partial charge in [-0.2, -0.15) is 5.10 Å². The molecule has 1 aliphatic rings. The van der Waals surface area contributed by atoms with Gasteiger partial charge in [0, 0.05) is 13.2 Å². The van der Waals surface area contributed by atoms with E-state index in [2.05, 4.69) is 33.2 Å². The molecule has 1 N–H and O–H groups in total. The SMILES string of the molecule is Cn1cc(C(=O)N2CC[NH+](Cc3ccc(Br)s3)CC2)cn1. The maximum Gasteiger partial charge on any atom is 0.257 e. The summed E-state index contributed by atoms with van der Waals surface area (Å²) in [5, 5.41) is 4.07. The van der Waals surface area contributed by atoms with Crippen LogP contribution in [0.15, 0.2) is 28.3 Å². The number of carbonyl (C=O) groups is 1. The van der Waals surface area contributed by atoms with Crippen LogP contribution in [0, 0.1) is 0 Å². The van der Waals surface area contributed by atoms with Crippen molar-refractivity contribution in [2.24, 2.45) is 7.05 Å². The highest BCUT2D eigenvalue weighted by Gasteiger charge is 2.25. The molecule has 2 aromatic heterocycles. The summed E-state index contributed by atoms with van der Waals surface area (Å²) in [5.74, 6) is 0.0982. The quantitative estimate of drug-likeness (QED) is 0.868. The fraction of sp³-hybridized carbons (Fsp3) is 0.429. The maximum atomic E-state index is 12.3. The van der Waals surface area contributed by atoms with E-state index >= 15 is 0 Å². The van der Waals surface area contributed by atoms with Crippen LogP contribution >= 0.6 is 27.3 Å². The summed E-state index contributed by atoms with van der Waals surface area (Å²) < 4.78 is 2.85. The van der Waals surface area contributed by atoms with Gasteiger partial charge in [-0.15, -0.1) is 11.3 Å². The maximum absolute atomic E-state index is 12.3. The topological polar surface area (TPSA) is 42.6 Å². The summed E-state index contributed by atoms with van der Waals surface area (Å²) in [6, 6.07) is 4.27. The van der Waals surface area contributed by atoms with E-state index in [1.54, 1.807) is 33.3 Å². The molecule has 3 heterocycles. The number of hydrogen-bond donors (Lipinski definition) is 1. The van der Waals surface area contributed by atoms with E-state index in [9.17, 15) is 4.79 Å². The lowest BCUT2D eigenvalue weighted by atomic mass is 10.2. The van der Waals surface area contributed by atoms with E-state index < -0.39 is 0 Å². The van der Waals surface area contributed by atoms with E-state index in [1.165, 1.54) is 8.66 Å². The van der Waals surface area contributed by atoms with Gasteiger partial charge < -0.3 is 9.80 Å². The molecule has 0 saturated carbocycles. The number of amides is 1. The van der Waals surface area contributed by atoms with Gasteiger partial charge in [-0.25, -0.2) is 0 Å². The Bertz CT molecular complexity index is 630. The van der Waals surface area contributed by atoms with Crippen LogP contribution in [0.25, 0.3) is 0 Å². The van der Waals surface area contributed by atoms with E-state index in [1.807, 2.05) is 11.9 Å². The standard InChI is InChI=1S/C14H17BrN4OS/c1-17-9-11(8-16-17)14(20)19-6-4-18(5-7-19)10-12-2-3-13(15)21-12/h2-3,8-9H,4-7,10H2,1H3/p+1. The molecule has 5 nitrogen and oxygen atoms in total. The molecule has 21 heavy (non-hydrogen) atoms. The first-order chi connectivity index (χ1) is 10.1. The largest absolute Gasteiger partial charge is 0.328 e. The van der Waals surface area contributed by atoms with Crippen molar-refractivity contribution >= 4 is 33.2 Å². The first-order valence-corrected chi connectivity index (χ1v) is 8.58. The van der Waals surface area contributed by atoms with Crippen LogP contribution in [0.4, 0.5) is 0 Å². The molecule has 0 atom stereocenters. The number of aryl methyl sites for hydroxylation is 1. The zero-order valence-electron chi connectivity index (χ0n) is 11.9. The van der Waals surface area contributed by atoms with Crippen LogP contribution in [0.2, 0.25) is 0 Å². The number of piperazine rings is 1. The van der Waals surface area contributed by atoms with Crippen LogP contribution in [0.1, 0.15) is 15.2 Å². The summed E-state index contributed by atoms with van der Waals surface area (Å²) in [6.07, 6.45) is 3.43. The lowest BCUT2D eigenvalue weighted by Crippen LogP contribution is -3.13. The van der Waals surface area contributed by atoms with Crippen molar-refractivity contribution in [3.63, 3.8) is 0 Å². The second-order valence-electron chi connectivity index (χ2n) is 5.33. The van der Waals surface area contributed by atoms with Gasteiger partial charge in [0.1, 0.15) is 6.54 Å². The number of hydrogen-bond acceptors (Lipinski definition) is 3. The predicted molar refractivity (Wildman–Crippen MR) is 85.5 cm³/mol. The minimum absolute atomic E-state index is 0.0982. The summed E-state index contributed by atoms with van der Waals surface area (Å²) >= 11 is 5.29. The molecule has 0 aliphatic carbocycles. The van der Waals surface area contributed by atoms with Gasteiger partial charge in [0.2, 0.25) is 0 Å². The third-order valence-electron chi connectivity index (χ3n) is 3.76. The van der Waals surface area contributed by atoms with Gasteiger partial charge in [0.15, 0.2) is 0 Å². The lowest BCUT2D eigenvalue weighted by Gasteiger charge is -2.31. The van der Waals surface area contributed by atoms with Gasteiger partial charge in [0.25, 0.3) is 5.91 Å². The van der Waals surface area contributed by atoms with Crippen LogP contribution in [0.5, 0.6) is 0 Å². The third kappa shape index (κ3) is 3.53. The zero-order valence-corrected chi connectivity index (χ0v) is 14.3. The van der Waals surface area contributed by atoms with Gasteiger partial charge in [-0.3, -0.25) is 9.48 Å². The minimum atomic E-state index is 0.0982. The first kappa shape index (κ1) is 14.7. The van der Waals surface area contributed by atoms with Crippen LogP contribution < -0.4 is 4.90 Å². The van der Waals surface area contributed by atoms with E-state index in [0.717, 1.165) is 32.7 Å². The van der Waals surface area contributed by atoms with Crippen molar-refractivity contribution in [1.29, 1.82) is 0 Å². The zero-order chi connectivity index (χ0) is 14.8. The minimum Gasteiger partial charge on any atom is -0.328 e. The molecule has 1 aliphatic heterocycles. The predicted octanol–water partition coefficient (Wildman–Crippen LogP) is 0.785. The van der Waals surface area contributed by atoms with Crippen LogP contribution in [0.3, 0.4) is 0 Å². The van der Waals surface area contributed by atoms with Crippen molar-refractivity contribution in [3.8, 4) is 0 Å². The first-order valence-electron chi connectivity index (χ1n) is 6.97. The molecule has 1 amide bonds. The Labute approximate surface area is 136 Å². The number of aromatic nitrogens is 2. The summed E-state index contributed by atoms with van der Waals surface area (Å²) in [4.78, 5) is 17.2. The Morgan fingerprint density at radius 2 is 2.19 bits per heavy atom. The van der Waals surface area contributed by atoms with Crippen LogP contribution in [-0.2, 0) is 13.6 Å². The summed E-state index contributed by atoms with van der Waals surface area (Å²) in [7, 11) is 1.83. The number of nitrogens with one attached hydrogen (secondary N) is 1. The summed E-state index contributed by atoms with van der Waals surface area (Å²) in [6.45, 7) is 4.68. The fourth-order valence-electron chi connectivity index (χ4n) is 2.61. The molecule has 2 aromatic rings. The molecule has 0 spiro atoms. The molecule has 0 unspecified atom stereocenters. The number of rotatable bonds is 3. The highest BCUT2D eigenvalue weighted by atomic mass is 79.9. The van der Waals surface area contributed by atoms with E-state index in [0.29, 0.717) is 5.56 Å². The van der Waals surface area contributed by atoms with Crippen molar-refractivity contribution in [2.45, 2.75) is 6.54 Å². The second kappa shape index (κ2) is 6.29. The molecule has 0 radical (unpaired) electrons. The molecule has 7 heteroatoms. The molecular weight excluding hydrogens is 352 g/mol. The van der Waals surface area contributed by atoms with Crippen molar-refractivity contribution in [3.05, 3.63) is 38.8 Å². The molecule has 3 rings (SSSR count). The monoisotopic (exact) mass is 369 g/mol. The molecule has 112 valence electrons. The third-order valence-corrected chi connectivity index (χ3v) is 5.39.